The highest BCUT2D eigenvalue weighted by Crippen LogP contribution is 2.22. The summed E-state index contributed by atoms with van der Waals surface area (Å²) < 4.78 is 24.7. The molecule has 1 N–H and O–H groups in total. The smallest absolute Gasteiger partial charge is 0.213 e. The van der Waals surface area contributed by atoms with Gasteiger partial charge in [0.15, 0.2) is 0 Å². The highest BCUT2D eigenvalue weighted by Gasteiger charge is 2.09. The summed E-state index contributed by atoms with van der Waals surface area (Å²) in [6.07, 6.45) is 0. The quantitative estimate of drug-likeness (QED) is 0.519. The van der Waals surface area contributed by atoms with Gasteiger partial charge in [0, 0.05) is 0 Å². The molecule has 0 radical (unpaired) electrons. The van der Waals surface area contributed by atoms with E-state index in [1.807, 2.05) is 0 Å². The largest absolute Gasteiger partial charge is 0.306 e. The molecule has 0 spiro atoms. The van der Waals surface area contributed by atoms with E-state index in [-0.39, 0.29) is 14.6 Å². The van der Waals surface area contributed by atoms with E-state index in [4.69, 9.17) is 23.2 Å². The Labute approximate surface area is 75.9 Å². The fourth-order valence-corrected chi connectivity index (χ4v) is 1.01. The molecule has 1 rings (SSSR count). The third-order valence-electron chi connectivity index (χ3n) is 1.00. The summed E-state index contributed by atoms with van der Waals surface area (Å²) in [6.45, 7) is 0. The molecule has 1 aromatic heterocycles. The lowest BCUT2D eigenvalue weighted by Gasteiger charge is -1.97. The van der Waals surface area contributed by atoms with Crippen LogP contribution in [-0.2, 0) is 0 Å². The second-order valence-corrected chi connectivity index (χ2v) is 2.87. The normalized spacial score (nSPS) is 10.2. The molecule has 0 aliphatic heterocycles. The Morgan fingerprint density at radius 1 is 1.09 bits per heavy atom. The Balaban J connectivity index is 3.59. The molecule has 6 heteroatoms. The predicted molar refractivity (Wildman–Crippen MR) is 41.6 cm³/mol. The van der Waals surface area contributed by atoms with Gasteiger partial charge in [0.2, 0.25) is 11.9 Å². The van der Waals surface area contributed by atoms with Gasteiger partial charge in [-0.2, -0.15) is 8.78 Å². The molecule has 1 heterocycles. The molecular formula is C5HCl2F2NS. The molecular weight excluding hydrogens is 215 g/mol. The molecule has 0 aliphatic carbocycles. The minimum Gasteiger partial charge on any atom is -0.306 e. The zero-order chi connectivity index (χ0) is 8.59. The monoisotopic (exact) mass is 215 g/mol. The Hall–Kier alpha value is -0.190. The van der Waals surface area contributed by atoms with Crippen molar-refractivity contribution < 1.29 is 8.78 Å². The summed E-state index contributed by atoms with van der Waals surface area (Å²) in [4.78, 5) is 1.68. The fourth-order valence-electron chi connectivity index (χ4n) is 0.502. The molecule has 1 nitrogen and oxygen atoms in total. The van der Waals surface area contributed by atoms with Crippen LogP contribution in [0.3, 0.4) is 0 Å². The number of aromatic amines is 1. The summed E-state index contributed by atoms with van der Waals surface area (Å²) in [7, 11) is 0. The zero-order valence-corrected chi connectivity index (χ0v) is 7.25. The van der Waals surface area contributed by atoms with Crippen LogP contribution >= 0.6 is 35.4 Å². The molecule has 0 atom stereocenters. The van der Waals surface area contributed by atoms with Gasteiger partial charge in [-0.1, -0.05) is 35.4 Å². The van der Waals surface area contributed by atoms with Gasteiger partial charge in [-0.15, -0.1) is 0 Å². The van der Waals surface area contributed by atoms with Gasteiger partial charge in [0.1, 0.15) is 10.0 Å². The summed E-state index contributed by atoms with van der Waals surface area (Å²) in [5, 5.41) is -0.738. The van der Waals surface area contributed by atoms with Crippen LogP contribution in [0.15, 0.2) is 0 Å². The van der Waals surface area contributed by atoms with E-state index in [2.05, 4.69) is 12.2 Å². The molecule has 0 saturated heterocycles. The first-order valence-corrected chi connectivity index (χ1v) is 3.62. The number of hydrogen-bond acceptors (Lipinski definition) is 1. The minimum absolute atomic E-state index is 0.220. The first-order valence-electron chi connectivity index (χ1n) is 2.46. The lowest BCUT2D eigenvalue weighted by atomic mass is 10.5. The van der Waals surface area contributed by atoms with E-state index in [1.54, 1.807) is 4.98 Å². The number of aromatic nitrogens is 1. The van der Waals surface area contributed by atoms with Crippen molar-refractivity contribution in [3.63, 3.8) is 0 Å². The topological polar surface area (TPSA) is 15.8 Å². The van der Waals surface area contributed by atoms with E-state index >= 15 is 0 Å². The molecule has 0 aromatic carbocycles. The SMILES string of the molecule is Fc1[nH]c(F)c(Cl)c(=S)c1Cl. The maximum Gasteiger partial charge on any atom is 0.213 e. The number of rotatable bonds is 0. The van der Waals surface area contributed by atoms with Gasteiger partial charge in [-0.05, 0) is 0 Å². The number of halogens is 4. The van der Waals surface area contributed by atoms with Crippen LogP contribution in [0.4, 0.5) is 8.78 Å². The van der Waals surface area contributed by atoms with Gasteiger partial charge in [0.25, 0.3) is 0 Å². The predicted octanol–water partition coefficient (Wildman–Crippen LogP) is 3.33. The van der Waals surface area contributed by atoms with Gasteiger partial charge in [-0.3, -0.25) is 0 Å². The second kappa shape index (κ2) is 3.05. The second-order valence-electron chi connectivity index (χ2n) is 1.71. The van der Waals surface area contributed by atoms with Crippen LogP contribution < -0.4 is 0 Å². The number of hydrogen-bond donors (Lipinski definition) is 1. The molecule has 0 saturated carbocycles. The van der Waals surface area contributed by atoms with Crippen molar-refractivity contribution in [2.24, 2.45) is 0 Å². The maximum absolute atomic E-state index is 12.5. The third kappa shape index (κ3) is 1.52. The molecule has 0 aliphatic rings. The van der Waals surface area contributed by atoms with E-state index in [0.29, 0.717) is 0 Å². The molecule has 0 fully saturated rings. The van der Waals surface area contributed by atoms with Gasteiger partial charge in [0.05, 0.1) is 4.51 Å². The van der Waals surface area contributed by atoms with Crippen LogP contribution in [-0.4, -0.2) is 4.98 Å². The van der Waals surface area contributed by atoms with Crippen molar-refractivity contribution in [2.75, 3.05) is 0 Å². The van der Waals surface area contributed by atoms with E-state index in [1.165, 1.54) is 0 Å². The Morgan fingerprint density at radius 2 is 1.45 bits per heavy atom. The molecule has 0 bridgehead atoms. The van der Waals surface area contributed by atoms with Crippen molar-refractivity contribution in [3.8, 4) is 0 Å². The maximum atomic E-state index is 12.5. The van der Waals surface area contributed by atoms with Crippen molar-refractivity contribution in [2.45, 2.75) is 0 Å². The highest BCUT2D eigenvalue weighted by atomic mass is 35.5. The zero-order valence-electron chi connectivity index (χ0n) is 4.92. The van der Waals surface area contributed by atoms with Gasteiger partial charge in [-0.25, -0.2) is 0 Å². The molecule has 0 unspecified atom stereocenters. The lowest BCUT2D eigenvalue weighted by molar-refractivity contribution is 0.512. The summed E-state index contributed by atoms with van der Waals surface area (Å²) >= 11 is 15.1. The first-order chi connectivity index (χ1) is 5.04. The van der Waals surface area contributed by atoms with Gasteiger partial charge < -0.3 is 4.98 Å². The van der Waals surface area contributed by atoms with Crippen LogP contribution in [0, 0.1) is 16.4 Å². The molecule has 0 amide bonds. The summed E-state index contributed by atoms with van der Waals surface area (Å²) in [5.74, 6) is -2.03. The summed E-state index contributed by atoms with van der Waals surface area (Å²) in [6, 6.07) is 0. The van der Waals surface area contributed by atoms with Crippen molar-refractivity contribution in [1.29, 1.82) is 0 Å². The average molecular weight is 216 g/mol. The standard InChI is InChI=1S/C5HCl2F2NS/c6-1-3(11)2(7)5(9)10-4(1)8/h(H,10,11). The Bertz CT molecular complexity index is 320. The van der Waals surface area contributed by atoms with Crippen molar-refractivity contribution in [1.82, 2.24) is 4.98 Å². The number of H-pyrrole nitrogens is 1. The average Bonchev–Trinajstić information content (AvgIpc) is 1.97. The van der Waals surface area contributed by atoms with E-state index in [0.717, 1.165) is 0 Å². The van der Waals surface area contributed by atoms with Crippen LogP contribution in [0.25, 0.3) is 0 Å². The van der Waals surface area contributed by atoms with Crippen LogP contribution in [0.2, 0.25) is 10.0 Å². The minimum atomic E-state index is -1.02. The van der Waals surface area contributed by atoms with Crippen LogP contribution in [0.5, 0.6) is 0 Å². The Morgan fingerprint density at radius 3 is 1.82 bits per heavy atom. The van der Waals surface area contributed by atoms with E-state index < -0.39 is 11.9 Å². The van der Waals surface area contributed by atoms with Crippen LogP contribution in [0.1, 0.15) is 0 Å². The summed E-state index contributed by atoms with van der Waals surface area (Å²) in [5.41, 5.74) is 0. The third-order valence-corrected chi connectivity index (χ3v) is 2.35. The van der Waals surface area contributed by atoms with Gasteiger partial charge >= 0.3 is 0 Å². The van der Waals surface area contributed by atoms with Crippen molar-refractivity contribution >= 4 is 35.4 Å². The highest BCUT2D eigenvalue weighted by molar-refractivity contribution is 7.71. The number of nitrogens with one attached hydrogen (secondary N) is 1. The first kappa shape index (κ1) is 8.90. The molecule has 1 aromatic rings. The molecule has 60 valence electrons. The Kier molecular flexibility index (Phi) is 2.47. The lowest BCUT2D eigenvalue weighted by Crippen LogP contribution is -1.91. The van der Waals surface area contributed by atoms with Crippen molar-refractivity contribution in [3.05, 3.63) is 26.5 Å². The van der Waals surface area contributed by atoms with E-state index in [9.17, 15) is 8.78 Å². The fraction of sp³-hybridized carbons (Fsp3) is 0. The number of pyridine rings is 1. The molecule has 11 heavy (non-hydrogen) atoms.